The zero-order chi connectivity index (χ0) is 8.91. The maximum absolute atomic E-state index is 11.7. The van der Waals surface area contributed by atoms with Crippen molar-refractivity contribution in [1.82, 2.24) is 0 Å². The van der Waals surface area contributed by atoms with E-state index in [1.54, 1.807) is 0 Å². The van der Waals surface area contributed by atoms with E-state index in [1.165, 1.54) is 7.11 Å². The largest absolute Gasteiger partial charge is 0.391 e. The molecule has 68 valence electrons. The second kappa shape index (κ2) is 4.59. The molecule has 0 amide bonds. The summed E-state index contributed by atoms with van der Waals surface area (Å²) >= 11 is 0. The number of methoxy groups -OCH3 is 1. The SMILES string of the molecule is CCCC(CC(F)(F)F)OC. The van der Waals surface area contributed by atoms with Crippen molar-refractivity contribution in [3.63, 3.8) is 0 Å². The summed E-state index contributed by atoms with van der Waals surface area (Å²) in [5.41, 5.74) is 0. The van der Waals surface area contributed by atoms with Gasteiger partial charge in [-0.3, -0.25) is 0 Å². The summed E-state index contributed by atoms with van der Waals surface area (Å²) in [4.78, 5) is 0. The lowest BCUT2D eigenvalue weighted by Gasteiger charge is -2.15. The average molecular weight is 170 g/mol. The predicted octanol–water partition coefficient (Wildman–Crippen LogP) is 2.75. The van der Waals surface area contributed by atoms with Gasteiger partial charge in [0.2, 0.25) is 0 Å². The molecule has 0 radical (unpaired) electrons. The number of rotatable bonds is 4. The molecule has 1 unspecified atom stereocenters. The van der Waals surface area contributed by atoms with E-state index in [1.807, 2.05) is 6.92 Å². The van der Waals surface area contributed by atoms with E-state index in [0.717, 1.165) is 0 Å². The fraction of sp³-hybridized carbons (Fsp3) is 1.00. The van der Waals surface area contributed by atoms with Crippen molar-refractivity contribution in [3.8, 4) is 0 Å². The first kappa shape index (κ1) is 10.8. The van der Waals surface area contributed by atoms with E-state index in [2.05, 4.69) is 4.74 Å². The van der Waals surface area contributed by atoms with Crippen LogP contribution in [0.5, 0.6) is 0 Å². The Morgan fingerprint density at radius 3 is 2.18 bits per heavy atom. The van der Waals surface area contributed by atoms with E-state index >= 15 is 0 Å². The Labute approximate surface area is 64.5 Å². The molecule has 1 atom stereocenters. The van der Waals surface area contributed by atoms with Crippen LogP contribution in [0, 0.1) is 0 Å². The van der Waals surface area contributed by atoms with Crippen LogP contribution in [0.4, 0.5) is 13.2 Å². The smallest absolute Gasteiger partial charge is 0.381 e. The van der Waals surface area contributed by atoms with E-state index in [4.69, 9.17) is 0 Å². The molecule has 0 aliphatic carbocycles. The third kappa shape index (κ3) is 6.16. The minimum Gasteiger partial charge on any atom is -0.381 e. The van der Waals surface area contributed by atoms with Crippen LogP contribution >= 0.6 is 0 Å². The average Bonchev–Trinajstić information content (AvgIpc) is 1.84. The van der Waals surface area contributed by atoms with Gasteiger partial charge in [0.1, 0.15) is 0 Å². The minimum atomic E-state index is -4.10. The Morgan fingerprint density at radius 2 is 1.91 bits per heavy atom. The van der Waals surface area contributed by atoms with Gasteiger partial charge in [-0.25, -0.2) is 0 Å². The Kier molecular flexibility index (Phi) is 4.49. The van der Waals surface area contributed by atoms with Crippen molar-refractivity contribution < 1.29 is 17.9 Å². The molecule has 0 rings (SSSR count). The Bertz CT molecular complexity index is 100. The topological polar surface area (TPSA) is 9.23 Å². The van der Waals surface area contributed by atoms with E-state index in [9.17, 15) is 13.2 Å². The summed E-state index contributed by atoms with van der Waals surface area (Å²) in [7, 11) is 1.31. The van der Waals surface area contributed by atoms with Crippen molar-refractivity contribution in [1.29, 1.82) is 0 Å². The molecule has 0 aromatic carbocycles. The second-order valence-corrected chi connectivity index (χ2v) is 2.47. The summed E-state index contributed by atoms with van der Waals surface area (Å²) in [5.74, 6) is 0. The van der Waals surface area contributed by atoms with Crippen molar-refractivity contribution in [2.75, 3.05) is 7.11 Å². The molecular formula is C7H13F3O. The fourth-order valence-electron chi connectivity index (χ4n) is 0.883. The summed E-state index contributed by atoms with van der Waals surface area (Å²) in [6.45, 7) is 1.84. The second-order valence-electron chi connectivity index (χ2n) is 2.47. The molecule has 11 heavy (non-hydrogen) atoms. The lowest BCUT2D eigenvalue weighted by atomic mass is 10.1. The van der Waals surface area contributed by atoms with E-state index in [0.29, 0.717) is 12.8 Å². The van der Waals surface area contributed by atoms with Gasteiger partial charge in [-0.05, 0) is 6.42 Å². The zero-order valence-electron chi connectivity index (χ0n) is 6.74. The zero-order valence-corrected chi connectivity index (χ0v) is 6.74. The molecule has 0 spiro atoms. The van der Waals surface area contributed by atoms with Gasteiger partial charge >= 0.3 is 6.18 Å². The van der Waals surface area contributed by atoms with E-state index < -0.39 is 18.7 Å². The molecule has 0 saturated carbocycles. The molecule has 0 saturated heterocycles. The van der Waals surface area contributed by atoms with Gasteiger partial charge in [-0.15, -0.1) is 0 Å². The van der Waals surface area contributed by atoms with E-state index in [-0.39, 0.29) is 0 Å². The number of halogens is 3. The van der Waals surface area contributed by atoms with Crippen LogP contribution in [0.2, 0.25) is 0 Å². The lowest BCUT2D eigenvalue weighted by Crippen LogP contribution is -2.20. The highest BCUT2D eigenvalue weighted by molar-refractivity contribution is 4.62. The van der Waals surface area contributed by atoms with Gasteiger partial charge in [0.15, 0.2) is 0 Å². The first-order valence-electron chi connectivity index (χ1n) is 3.59. The highest BCUT2D eigenvalue weighted by atomic mass is 19.4. The molecule has 0 aliphatic rings. The van der Waals surface area contributed by atoms with Crippen LogP contribution in [-0.4, -0.2) is 19.4 Å². The van der Waals surface area contributed by atoms with Gasteiger partial charge in [0.05, 0.1) is 12.5 Å². The highest BCUT2D eigenvalue weighted by Gasteiger charge is 2.31. The summed E-state index contributed by atoms with van der Waals surface area (Å²) < 4.78 is 39.9. The van der Waals surface area contributed by atoms with Crippen LogP contribution in [-0.2, 0) is 4.74 Å². The highest BCUT2D eigenvalue weighted by Crippen LogP contribution is 2.24. The number of hydrogen-bond donors (Lipinski definition) is 0. The summed E-state index contributed by atoms with van der Waals surface area (Å²) in [5, 5.41) is 0. The third-order valence-electron chi connectivity index (χ3n) is 1.40. The van der Waals surface area contributed by atoms with Crippen LogP contribution in [0.3, 0.4) is 0 Å². The molecule has 0 bridgehead atoms. The molecule has 1 nitrogen and oxygen atoms in total. The monoisotopic (exact) mass is 170 g/mol. The first-order valence-corrected chi connectivity index (χ1v) is 3.59. The van der Waals surface area contributed by atoms with Gasteiger partial charge in [0, 0.05) is 7.11 Å². The molecule has 0 fully saturated rings. The maximum Gasteiger partial charge on any atom is 0.391 e. The molecule has 4 heteroatoms. The normalized spacial score (nSPS) is 15.0. The molecule has 0 aromatic heterocycles. The number of hydrogen-bond acceptors (Lipinski definition) is 1. The van der Waals surface area contributed by atoms with Gasteiger partial charge in [-0.2, -0.15) is 13.2 Å². The van der Waals surface area contributed by atoms with Gasteiger partial charge in [-0.1, -0.05) is 13.3 Å². The van der Waals surface area contributed by atoms with Crippen molar-refractivity contribution >= 4 is 0 Å². The van der Waals surface area contributed by atoms with Gasteiger partial charge < -0.3 is 4.74 Å². The summed E-state index contributed by atoms with van der Waals surface area (Å²) in [6, 6.07) is 0. The molecule has 0 aromatic rings. The molecule has 0 heterocycles. The minimum absolute atomic E-state index is 0.468. The van der Waals surface area contributed by atoms with Crippen LogP contribution in [0.25, 0.3) is 0 Å². The first-order chi connectivity index (χ1) is 4.99. The number of ether oxygens (including phenoxy) is 1. The lowest BCUT2D eigenvalue weighted by molar-refractivity contribution is -0.157. The Balaban J connectivity index is 3.68. The van der Waals surface area contributed by atoms with Gasteiger partial charge in [0.25, 0.3) is 0 Å². The maximum atomic E-state index is 11.7. The summed E-state index contributed by atoms with van der Waals surface area (Å²) in [6.07, 6.45) is -4.42. The molecule has 0 aliphatic heterocycles. The van der Waals surface area contributed by atoms with Crippen molar-refractivity contribution in [3.05, 3.63) is 0 Å². The Hall–Kier alpha value is -0.250. The number of alkyl halides is 3. The van der Waals surface area contributed by atoms with Crippen LogP contribution in [0.1, 0.15) is 26.2 Å². The van der Waals surface area contributed by atoms with Crippen LogP contribution < -0.4 is 0 Å². The Morgan fingerprint density at radius 1 is 1.36 bits per heavy atom. The predicted molar refractivity (Wildman–Crippen MR) is 36.4 cm³/mol. The van der Waals surface area contributed by atoms with Crippen LogP contribution in [0.15, 0.2) is 0 Å². The molecule has 0 N–H and O–H groups in total. The van der Waals surface area contributed by atoms with Crippen molar-refractivity contribution in [2.24, 2.45) is 0 Å². The fourth-order valence-corrected chi connectivity index (χ4v) is 0.883. The standard InChI is InChI=1S/C7H13F3O/c1-3-4-6(11-2)5-7(8,9)10/h6H,3-5H2,1-2H3. The quantitative estimate of drug-likeness (QED) is 0.630. The third-order valence-corrected chi connectivity index (χ3v) is 1.40. The van der Waals surface area contributed by atoms with Crippen molar-refractivity contribution in [2.45, 2.75) is 38.5 Å². The molecular weight excluding hydrogens is 157 g/mol.